The molecule has 162 valence electrons. The molecule has 0 unspecified atom stereocenters. The van der Waals surface area contributed by atoms with Crippen LogP contribution in [0.25, 0.3) is 11.0 Å². The van der Waals surface area contributed by atoms with E-state index in [4.69, 9.17) is 11.6 Å². The van der Waals surface area contributed by atoms with Gasteiger partial charge in [0.25, 0.3) is 5.91 Å². The molecule has 0 saturated carbocycles. The van der Waals surface area contributed by atoms with E-state index in [1.807, 2.05) is 30.7 Å². The molecule has 0 aliphatic heterocycles. The van der Waals surface area contributed by atoms with E-state index in [2.05, 4.69) is 15.3 Å². The summed E-state index contributed by atoms with van der Waals surface area (Å²) in [7, 11) is 1.93. The second kappa shape index (κ2) is 9.20. The van der Waals surface area contributed by atoms with Gasteiger partial charge in [-0.1, -0.05) is 17.7 Å². The van der Waals surface area contributed by atoms with Crippen molar-refractivity contribution >= 4 is 40.1 Å². The Bertz CT molecular complexity index is 1270. The molecule has 7 nitrogen and oxygen atoms in total. The van der Waals surface area contributed by atoms with Crippen LogP contribution in [0.1, 0.15) is 21.7 Å². The molecule has 0 fully saturated rings. The summed E-state index contributed by atoms with van der Waals surface area (Å²) in [6.45, 7) is 2.05. The molecule has 0 spiro atoms. The quantitative estimate of drug-likeness (QED) is 0.480. The first-order valence-corrected chi connectivity index (χ1v) is 10.4. The molecule has 2 aromatic carbocycles. The molecule has 0 atom stereocenters. The third kappa shape index (κ3) is 4.78. The van der Waals surface area contributed by atoms with Crippen LogP contribution in [0.3, 0.4) is 0 Å². The van der Waals surface area contributed by atoms with E-state index in [1.54, 1.807) is 54.9 Å². The van der Waals surface area contributed by atoms with Crippen molar-refractivity contribution in [2.24, 2.45) is 7.05 Å². The van der Waals surface area contributed by atoms with E-state index in [-0.39, 0.29) is 24.9 Å². The number of aryl methyl sites for hydroxylation is 2. The first-order valence-electron chi connectivity index (χ1n) is 10.1. The van der Waals surface area contributed by atoms with E-state index in [0.29, 0.717) is 16.3 Å². The van der Waals surface area contributed by atoms with Crippen LogP contribution in [0.4, 0.5) is 5.69 Å². The number of benzene rings is 2. The van der Waals surface area contributed by atoms with Crippen LogP contribution < -0.4 is 5.32 Å². The minimum atomic E-state index is -0.306. The maximum Gasteiger partial charge on any atom is 0.254 e. The smallest absolute Gasteiger partial charge is 0.254 e. The molecule has 0 aliphatic rings. The van der Waals surface area contributed by atoms with Gasteiger partial charge in [-0.05, 0) is 61.0 Å². The number of imidazole rings is 1. The van der Waals surface area contributed by atoms with Gasteiger partial charge in [-0.3, -0.25) is 14.6 Å². The third-order valence-corrected chi connectivity index (χ3v) is 5.45. The number of amides is 2. The highest BCUT2D eigenvalue weighted by atomic mass is 35.5. The summed E-state index contributed by atoms with van der Waals surface area (Å²) in [5.74, 6) is 0.295. The number of aromatic nitrogens is 3. The summed E-state index contributed by atoms with van der Waals surface area (Å²) in [6, 6.07) is 15.9. The summed E-state index contributed by atoms with van der Waals surface area (Å²) in [5.41, 5.74) is 3.59. The Morgan fingerprint density at radius 2 is 1.91 bits per heavy atom. The molecule has 2 aromatic heterocycles. The van der Waals surface area contributed by atoms with Crippen LogP contribution in [0.15, 0.2) is 67.0 Å². The Kier molecular flexibility index (Phi) is 6.18. The predicted molar refractivity (Wildman–Crippen MR) is 125 cm³/mol. The fourth-order valence-corrected chi connectivity index (χ4v) is 3.58. The highest BCUT2D eigenvalue weighted by Crippen LogP contribution is 2.19. The van der Waals surface area contributed by atoms with Crippen molar-refractivity contribution in [3.63, 3.8) is 0 Å². The van der Waals surface area contributed by atoms with Crippen molar-refractivity contribution < 1.29 is 9.59 Å². The van der Waals surface area contributed by atoms with Crippen molar-refractivity contribution in [2.45, 2.75) is 13.5 Å². The first-order chi connectivity index (χ1) is 15.4. The van der Waals surface area contributed by atoms with Gasteiger partial charge in [0.1, 0.15) is 12.4 Å². The number of nitrogens with one attached hydrogen (secondary N) is 1. The van der Waals surface area contributed by atoms with E-state index in [1.165, 1.54) is 4.90 Å². The number of carbonyl (C=O) groups is 2. The normalized spacial score (nSPS) is 10.8. The van der Waals surface area contributed by atoms with E-state index in [0.717, 1.165) is 22.4 Å². The molecule has 2 amide bonds. The fourth-order valence-electron chi connectivity index (χ4n) is 3.45. The molecule has 1 N–H and O–H groups in total. The Hall–Kier alpha value is -3.71. The van der Waals surface area contributed by atoms with Gasteiger partial charge in [0.05, 0.1) is 11.0 Å². The molecule has 0 aliphatic carbocycles. The van der Waals surface area contributed by atoms with Crippen molar-refractivity contribution in [3.8, 4) is 0 Å². The maximum atomic E-state index is 13.4. The van der Waals surface area contributed by atoms with Gasteiger partial charge < -0.3 is 14.8 Å². The summed E-state index contributed by atoms with van der Waals surface area (Å²) in [4.78, 5) is 36.2. The summed E-state index contributed by atoms with van der Waals surface area (Å²) < 4.78 is 1.97. The molecule has 0 radical (unpaired) electrons. The minimum absolute atomic E-state index is 0.115. The lowest BCUT2D eigenvalue weighted by atomic mass is 10.1. The number of halogens is 1. The lowest BCUT2D eigenvalue weighted by Gasteiger charge is -2.22. The third-order valence-electron chi connectivity index (χ3n) is 5.20. The number of rotatable bonds is 6. The molecular formula is C24H22ClN5O2. The minimum Gasteiger partial charge on any atom is -0.331 e. The molecule has 2 heterocycles. The van der Waals surface area contributed by atoms with E-state index < -0.39 is 0 Å². The number of pyridine rings is 1. The average molecular weight is 448 g/mol. The van der Waals surface area contributed by atoms with Crippen molar-refractivity contribution in [1.82, 2.24) is 19.4 Å². The zero-order valence-electron chi connectivity index (χ0n) is 17.7. The SMILES string of the molecule is Cc1nc2cc(C(=O)N(CC(=O)Nc3ccc(Cl)cc3)Cc3cccnc3)ccc2n1C. The van der Waals surface area contributed by atoms with Crippen LogP contribution in [-0.4, -0.2) is 37.8 Å². The molecule has 0 bridgehead atoms. The molecule has 4 rings (SSSR count). The topological polar surface area (TPSA) is 80.1 Å². The molecule has 4 aromatic rings. The highest BCUT2D eigenvalue weighted by molar-refractivity contribution is 6.30. The standard InChI is InChI=1S/C24H22ClN5O2/c1-16-27-21-12-18(5-10-22(21)29(16)2)24(32)30(14-17-4-3-11-26-13-17)15-23(31)28-20-8-6-19(25)7-9-20/h3-13H,14-15H2,1-2H3,(H,28,31). The van der Waals surface area contributed by atoms with Crippen molar-refractivity contribution in [2.75, 3.05) is 11.9 Å². The Balaban J connectivity index is 1.58. The first kappa shape index (κ1) is 21.5. The molecular weight excluding hydrogens is 426 g/mol. The second-order valence-electron chi connectivity index (χ2n) is 7.50. The zero-order valence-corrected chi connectivity index (χ0v) is 18.5. The van der Waals surface area contributed by atoms with Gasteiger partial charge in [0.2, 0.25) is 5.91 Å². The Labute approximate surface area is 190 Å². The summed E-state index contributed by atoms with van der Waals surface area (Å²) >= 11 is 5.91. The monoisotopic (exact) mass is 447 g/mol. The van der Waals surface area contributed by atoms with Gasteiger partial charge in [-0.2, -0.15) is 0 Å². The second-order valence-corrected chi connectivity index (χ2v) is 7.94. The lowest BCUT2D eigenvalue weighted by molar-refractivity contribution is -0.117. The number of nitrogens with zero attached hydrogens (tertiary/aromatic N) is 4. The summed E-state index contributed by atoms with van der Waals surface area (Å²) in [6.07, 6.45) is 3.35. The molecule has 0 saturated heterocycles. The van der Waals surface area contributed by atoms with Crippen molar-refractivity contribution in [1.29, 1.82) is 0 Å². The van der Waals surface area contributed by atoms with Crippen LogP contribution in [0, 0.1) is 6.92 Å². The summed E-state index contributed by atoms with van der Waals surface area (Å²) in [5, 5.41) is 3.39. The number of carbonyl (C=O) groups excluding carboxylic acids is 2. The number of hydrogen-bond acceptors (Lipinski definition) is 4. The fraction of sp³-hybridized carbons (Fsp3) is 0.167. The number of fused-ring (bicyclic) bond motifs is 1. The number of anilines is 1. The van der Waals surface area contributed by atoms with Crippen LogP contribution in [0.5, 0.6) is 0 Å². The van der Waals surface area contributed by atoms with Crippen LogP contribution >= 0.6 is 11.6 Å². The Morgan fingerprint density at radius 3 is 2.62 bits per heavy atom. The zero-order chi connectivity index (χ0) is 22.7. The highest BCUT2D eigenvalue weighted by Gasteiger charge is 2.21. The Morgan fingerprint density at radius 1 is 1.12 bits per heavy atom. The predicted octanol–water partition coefficient (Wildman–Crippen LogP) is 4.21. The maximum absolute atomic E-state index is 13.4. The average Bonchev–Trinajstić information content (AvgIpc) is 3.08. The molecule has 32 heavy (non-hydrogen) atoms. The van der Waals surface area contributed by atoms with Crippen LogP contribution in [0.2, 0.25) is 5.02 Å². The van der Waals surface area contributed by atoms with E-state index >= 15 is 0 Å². The van der Waals surface area contributed by atoms with Gasteiger partial charge in [0.15, 0.2) is 0 Å². The van der Waals surface area contributed by atoms with Gasteiger partial charge in [0, 0.05) is 42.3 Å². The molecule has 8 heteroatoms. The lowest BCUT2D eigenvalue weighted by Crippen LogP contribution is -2.37. The van der Waals surface area contributed by atoms with Crippen molar-refractivity contribution in [3.05, 3.63) is 89.0 Å². The van der Waals surface area contributed by atoms with Gasteiger partial charge in [-0.25, -0.2) is 4.98 Å². The number of hydrogen-bond donors (Lipinski definition) is 1. The van der Waals surface area contributed by atoms with Gasteiger partial charge >= 0.3 is 0 Å². The van der Waals surface area contributed by atoms with Crippen LogP contribution in [-0.2, 0) is 18.4 Å². The largest absolute Gasteiger partial charge is 0.331 e. The van der Waals surface area contributed by atoms with Gasteiger partial charge in [-0.15, -0.1) is 0 Å². The van der Waals surface area contributed by atoms with E-state index in [9.17, 15) is 9.59 Å².